The zero-order valence-corrected chi connectivity index (χ0v) is 17.5. The van der Waals surface area contributed by atoms with E-state index in [0.29, 0.717) is 38.4 Å². The minimum Gasteiger partial charge on any atom is -0.395 e. The van der Waals surface area contributed by atoms with Crippen molar-refractivity contribution in [3.63, 3.8) is 0 Å². The van der Waals surface area contributed by atoms with Crippen LogP contribution in [0.2, 0.25) is 0 Å². The number of nitrogens with one attached hydrogen (secondary N) is 2. The number of carbonyl (C=O) groups is 1. The molecule has 0 aromatic carbocycles. The lowest BCUT2D eigenvalue weighted by atomic mass is 9.75. The molecule has 1 spiro atoms. The number of aromatic amines is 1. The maximum atomic E-state index is 13.2. The molecule has 1 atom stereocenters. The van der Waals surface area contributed by atoms with Gasteiger partial charge in [-0.15, -0.1) is 12.4 Å². The quantitative estimate of drug-likeness (QED) is 0.657. The van der Waals surface area contributed by atoms with Crippen molar-refractivity contribution < 1.29 is 9.90 Å². The zero-order valence-electron chi connectivity index (χ0n) is 16.7. The number of fused-ring (bicyclic) bond motifs is 2. The van der Waals surface area contributed by atoms with Gasteiger partial charge in [0.15, 0.2) is 0 Å². The molecule has 2 aromatic heterocycles. The second-order valence-corrected chi connectivity index (χ2v) is 8.64. The van der Waals surface area contributed by atoms with Crippen LogP contribution in [0.1, 0.15) is 30.5 Å². The molecule has 2 aromatic rings. The van der Waals surface area contributed by atoms with Crippen LogP contribution in [0.5, 0.6) is 0 Å². The molecule has 2 saturated heterocycles. The number of halogens is 1. The van der Waals surface area contributed by atoms with Gasteiger partial charge in [-0.3, -0.25) is 14.6 Å². The molecule has 30 heavy (non-hydrogen) atoms. The summed E-state index contributed by atoms with van der Waals surface area (Å²) in [5.74, 6) is 0.546. The van der Waals surface area contributed by atoms with Crippen LogP contribution in [0.15, 0.2) is 29.3 Å². The number of aromatic nitrogens is 3. The van der Waals surface area contributed by atoms with Crippen molar-refractivity contribution in [2.24, 2.45) is 5.41 Å². The number of likely N-dealkylation sites (tertiary alicyclic amines) is 1. The number of nitrogens with zero attached hydrogens (tertiary/aromatic N) is 3. The molecule has 0 radical (unpaired) electrons. The molecular weight excluding hydrogens is 406 g/mol. The van der Waals surface area contributed by atoms with Crippen LogP contribution < -0.4 is 10.9 Å². The number of carbonyl (C=O) groups excluding carboxylic acids is 1. The minimum absolute atomic E-state index is 0. The highest BCUT2D eigenvalue weighted by Crippen LogP contribution is 2.44. The largest absolute Gasteiger partial charge is 0.395 e. The first-order valence-corrected chi connectivity index (χ1v) is 10.2. The smallest absolute Gasteiger partial charge is 0.254 e. The van der Waals surface area contributed by atoms with Gasteiger partial charge in [-0.1, -0.05) is 0 Å². The summed E-state index contributed by atoms with van der Waals surface area (Å²) >= 11 is 0. The lowest BCUT2D eigenvalue weighted by Crippen LogP contribution is -2.65. The highest BCUT2D eigenvalue weighted by atomic mass is 35.5. The van der Waals surface area contributed by atoms with Crippen molar-refractivity contribution in [2.45, 2.75) is 31.1 Å². The third-order valence-corrected chi connectivity index (χ3v) is 6.85. The Hall–Kier alpha value is -2.29. The summed E-state index contributed by atoms with van der Waals surface area (Å²) in [7, 11) is 0. The van der Waals surface area contributed by atoms with Crippen molar-refractivity contribution in [1.82, 2.24) is 25.2 Å². The fourth-order valence-corrected chi connectivity index (χ4v) is 5.09. The van der Waals surface area contributed by atoms with Gasteiger partial charge >= 0.3 is 0 Å². The van der Waals surface area contributed by atoms with E-state index in [2.05, 4.69) is 15.3 Å². The van der Waals surface area contributed by atoms with Gasteiger partial charge in [-0.2, -0.15) is 0 Å². The van der Waals surface area contributed by atoms with Gasteiger partial charge in [0.25, 0.3) is 5.56 Å². The first kappa shape index (κ1) is 21.0. The molecule has 1 aliphatic carbocycles. The summed E-state index contributed by atoms with van der Waals surface area (Å²) in [5.41, 5.74) is 1.28. The fourth-order valence-electron chi connectivity index (χ4n) is 5.09. The first-order chi connectivity index (χ1) is 14.1. The van der Waals surface area contributed by atoms with Crippen molar-refractivity contribution in [2.75, 3.05) is 32.8 Å². The lowest BCUT2D eigenvalue weighted by Gasteiger charge is -2.47. The topological polar surface area (TPSA) is 111 Å². The van der Waals surface area contributed by atoms with Crippen molar-refractivity contribution in [1.29, 1.82) is 0 Å². The predicted octanol–water partition coefficient (Wildman–Crippen LogP) is 0.642. The highest BCUT2D eigenvalue weighted by Gasteiger charge is 2.51. The summed E-state index contributed by atoms with van der Waals surface area (Å²) in [5, 5.41) is 12.9. The third-order valence-electron chi connectivity index (χ3n) is 6.85. The van der Waals surface area contributed by atoms with E-state index in [1.165, 1.54) is 0 Å². The van der Waals surface area contributed by atoms with Crippen LogP contribution in [0.4, 0.5) is 0 Å². The Morgan fingerprint density at radius 3 is 2.80 bits per heavy atom. The molecular formula is C21H26ClN5O3. The maximum Gasteiger partial charge on any atom is 0.254 e. The molecule has 4 heterocycles. The lowest BCUT2D eigenvalue weighted by molar-refractivity contribution is -0.150. The Morgan fingerprint density at radius 2 is 2.13 bits per heavy atom. The number of hydrogen-bond donors (Lipinski definition) is 3. The third kappa shape index (κ3) is 3.14. The second kappa shape index (κ2) is 7.76. The molecule has 1 unspecified atom stereocenters. The van der Waals surface area contributed by atoms with E-state index in [9.17, 15) is 14.7 Å². The number of amides is 1. The van der Waals surface area contributed by atoms with Gasteiger partial charge in [-0.25, -0.2) is 4.98 Å². The standard InChI is InChI=1S/C21H25N5O3.ClH/c27-13-21(10-23-11-21)19(29)26-8-2-5-20(12-26)6-4-15-16(20)24-17(25-18(15)28)14-3-1-7-22-9-14;/h1,3,7,9,23,27H,2,4-6,8,10-13H2,(H,24,25,28);1H. The molecule has 0 saturated carbocycles. The highest BCUT2D eigenvalue weighted by molar-refractivity contribution is 5.85. The van der Waals surface area contributed by atoms with Crippen LogP contribution in [0, 0.1) is 5.41 Å². The molecule has 2 aliphatic heterocycles. The average molecular weight is 432 g/mol. The Bertz CT molecular complexity index is 1000. The van der Waals surface area contributed by atoms with Crippen LogP contribution in [-0.2, 0) is 16.6 Å². The summed E-state index contributed by atoms with van der Waals surface area (Å²) in [4.78, 5) is 39.7. The number of rotatable bonds is 3. The monoisotopic (exact) mass is 431 g/mol. The molecule has 8 nitrogen and oxygen atoms in total. The SMILES string of the molecule is Cl.O=C(N1CCCC2(CCc3c2nc(-c2cccnc2)[nH]c3=O)C1)C1(CO)CNC1. The van der Waals surface area contributed by atoms with Crippen molar-refractivity contribution >= 4 is 18.3 Å². The summed E-state index contributed by atoms with van der Waals surface area (Å²) in [6.07, 6.45) is 6.67. The number of H-pyrrole nitrogens is 1. The molecule has 1 amide bonds. The predicted molar refractivity (Wildman–Crippen MR) is 114 cm³/mol. The number of hydrogen-bond acceptors (Lipinski definition) is 6. The van der Waals surface area contributed by atoms with Crippen molar-refractivity contribution in [3.05, 3.63) is 46.1 Å². The van der Waals surface area contributed by atoms with Crippen LogP contribution in [-0.4, -0.2) is 63.7 Å². The van der Waals surface area contributed by atoms with E-state index in [1.807, 2.05) is 17.0 Å². The summed E-state index contributed by atoms with van der Waals surface area (Å²) < 4.78 is 0. The van der Waals surface area contributed by atoms with Gasteiger partial charge in [0.2, 0.25) is 5.91 Å². The Balaban J connectivity index is 0.00000218. The molecule has 3 N–H and O–H groups in total. The van der Waals surface area contributed by atoms with Gasteiger partial charge < -0.3 is 20.3 Å². The van der Waals surface area contributed by atoms with E-state index in [1.54, 1.807) is 12.4 Å². The molecule has 9 heteroatoms. The van der Waals surface area contributed by atoms with E-state index in [0.717, 1.165) is 36.1 Å². The van der Waals surface area contributed by atoms with Gasteiger partial charge in [0.05, 0.1) is 17.7 Å². The van der Waals surface area contributed by atoms with Crippen molar-refractivity contribution in [3.8, 4) is 11.4 Å². The molecule has 2 fully saturated rings. The first-order valence-electron chi connectivity index (χ1n) is 10.2. The van der Waals surface area contributed by atoms with Gasteiger partial charge in [-0.05, 0) is 37.8 Å². The van der Waals surface area contributed by atoms with E-state index < -0.39 is 5.41 Å². The second-order valence-electron chi connectivity index (χ2n) is 8.64. The van der Waals surface area contributed by atoms with Crippen LogP contribution in [0.3, 0.4) is 0 Å². The maximum absolute atomic E-state index is 13.2. The number of pyridine rings is 1. The molecule has 5 rings (SSSR count). The van der Waals surface area contributed by atoms with Crippen LogP contribution >= 0.6 is 12.4 Å². The number of piperidine rings is 1. The molecule has 160 valence electrons. The minimum atomic E-state index is -0.692. The number of aliphatic hydroxyl groups is 1. The molecule has 3 aliphatic rings. The summed E-state index contributed by atoms with van der Waals surface area (Å²) in [6.45, 7) is 2.15. The normalized spacial score (nSPS) is 24.1. The Morgan fingerprint density at radius 1 is 1.30 bits per heavy atom. The van der Waals surface area contributed by atoms with Crippen LogP contribution in [0.25, 0.3) is 11.4 Å². The zero-order chi connectivity index (χ0) is 20.1. The Kier molecular flexibility index (Phi) is 5.42. The molecule has 0 bridgehead atoms. The Labute approximate surface area is 180 Å². The van der Waals surface area contributed by atoms with E-state index in [4.69, 9.17) is 4.98 Å². The van der Waals surface area contributed by atoms with E-state index >= 15 is 0 Å². The fraction of sp³-hybridized carbons (Fsp3) is 0.524. The average Bonchev–Trinajstić information content (AvgIpc) is 3.06. The summed E-state index contributed by atoms with van der Waals surface area (Å²) in [6, 6.07) is 3.70. The number of aliphatic hydroxyl groups excluding tert-OH is 1. The van der Waals surface area contributed by atoms with Gasteiger partial charge in [0, 0.05) is 55.1 Å². The van der Waals surface area contributed by atoms with E-state index in [-0.39, 0.29) is 35.9 Å². The van der Waals surface area contributed by atoms with Gasteiger partial charge in [0.1, 0.15) is 5.82 Å².